The van der Waals surface area contributed by atoms with Crippen LogP contribution in [0.5, 0.6) is 0 Å². The molecule has 0 spiro atoms. The first-order chi connectivity index (χ1) is 11.6. The molecule has 24 heavy (non-hydrogen) atoms. The predicted octanol–water partition coefficient (Wildman–Crippen LogP) is 1.55. The van der Waals surface area contributed by atoms with Crippen LogP contribution in [0.15, 0.2) is 29.3 Å². The van der Waals surface area contributed by atoms with Gasteiger partial charge in [0.2, 0.25) is 5.91 Å². The Kier molecular flexibility index (Phi) is 5.02. The summed E-state index contributed by atoms with van der Waals surface area (Å²) >= 11 is 0. The third-order valence-electron chi connectivity index (χ3n) is 4.77. The fourth-order valence-electron chi connectivity index (χ4n) is 2.87. The minimum atomic E-state index is -0.187. The van der Waals surface area contributed by atoms with Crippen LogP contribution in [0.4, 0.5) is 4.39 Å². The predicted molar refractivity (Wildman–Crippen MR) is 92.4 cm³/mol. The van der Waals surface area contributed by atoms with Crippen molar-refractivity contribution in [3.63, 3.8) is 0 Å². The molecule has 3 N–H and O–H groups in total. The van der Waals surface area contributed by atoms with Crippen molar-refractivity contribution in [2.24, 2.45) is 10.9 Å². The van der Waals surface area contributed by atoms with Crippen LogP contribution in [0.2, 0.25) is 0 Å². The second kappa shape index (κ2) is 7.20. The first-order valence-electron chi connectivity index (χ1n) is 8.61. The smallest absolute Gasteiger partial charge is 0.223 e. The minimum Gasteiger partial charge on any atom is -0.356 e. The molecule has 2 aliphatic carbocycles. The number of hydrogen-bond donors (Lipinski definition) is 3. The molecule has 0 radical (unpaired) electrons. The van der Waals surface area contributed by atoms with Crippen LogP contribution in [0, 0.1) is 11.7 Å². The number of rotatable bonds is 7. The maximum absolute atomic E-state index is 13.4. The van der Waals surface area contributed by atoms with E-state index in [0.29, 0.717) is 19.0 Å². The Balaban J connectivity index is 1.41. The maximum atomic E-state index is 13.4. The molecule has 0 bridgehead atoms. The van der Waals surface area contributed by atoms with E-state index < -0.39 is 0 Å². The summed E-state index contributed by atoms with van der Waals surface area (Å²) in [5.74, 6) is 0.914. The lowest BCUT2D eigenvalue weighted by molar-refractivity contribution is -0.122. The summed E-state index contributed by atoms with van der Waals surface area (Å²) in [7, 11) is 1.72. The van der Waals surface area contributed by atoms with Crippen LogP contribution in [0.25, 0.3) is 0 Å². The van der Waals surface area contributed by atoms with Gasteiger partial charge >= 0.3 is 0 Å². The fourth-order valence-corrected chi connectivity index (χ4v) is 2.87. The monoisotopic (exact) mass is 332 g/mol. The minimum absolute atomic E-state index is 0.0138. The van der Waals surface area contributed by atoms with E-state index in [-0.39, 0.29) is 23.1 Å². The van der Waals surface area contributed by atoms with Crippen molar-refractivity contribution in [2.45, 2.75) is 31.1 Å². The van der Waals surface area contributed by atoms with Crippen molar-refractivity contribution in [3.8, 4) is 0 Å². The normalized spacial score (nSPS) is 18.8. The molecule has 2 saturated carbocycles. The van der Waals surface area contributed by atoms with Gasteiger partial charge in [-0.1, -0.05) is 12.1 Å². The van der Waals surface area contributed by atoms with Gasteiger partial charge < -0.3 is 16.0 Å². The summed E-state index contributed by atoms with van der Waals surface area (Å²) in [5, 5.41) is 9.43. The molecular weight excluding hydrogens is 307 g/mol. The molecule has 2 aliphatic rings. The Labute approximate surface area is 142 Å². The number of nitrogens with zero attached hydrogens (tertiary/aromatic N) is 1. The van der Waals surface area contributed by atoms with Crippen LogP contribution in [0.1, 0.15) is 31.2 Å². The quantitative estimate of drug-likeness (QED) is 0.403. The van der Waals surface area contributed by atoms with Gasteiger partial charge in [-0.05, 0) is 43.4 Å². The molecule has 1 aromatic carbocycles. The number of halogens is 1. The van der Waals surface area contributed by atoms with Gasteiger partial charge in [0, 0.05) is 38.0 Å². The molecule has 0 aliphatic heterocycles. The summed E-state index contributed by atoms with van der Waals surface area (Å²) < 4.78 is 13.4. The maximum Gasteiger partial charge on any atom is 0.223 e. The van der Waals surface area contributed by atoms with Crippen LogP contribution in [-0.4, -0.2) is 38.5 Å². The lowest BCUT2D eigenvalue weighted by Crippen LogP contribution is -2.44. The van der Waals surface area contributed by atoms with Crippen molar-refractivity contribution >= 4 is 11.9 Å². The van der Waals surface area contributed by atoms with E-state index in [4.69, 9.17) is 0 Å². The number of hydrogen-bond acceptors (Lipinski definition) is 2. The van der Waals surface area contributed by atoms with Gasteiger partial charge in [0.05, 0.1) is 0 Å². The van der Waals surface area contributed by atoms with Crippen molar-refractivity contribution in [1.82, 2.24) is 16.0 Å². The molecule has 0 saturated heterocycles. The molecular formula is C18H25FN4O. The molecule has 0 unspecified atom stereocenters. The van der Waals surface area contributed by atoms with E-state index in [2.05, 4.69) is 20.9 Å². The van der Waals surface area contributed by atoms with E-state index in [0.717, 1.165) is 37.8 Å². The van der Waals surface area contributed by atoms with Gasteiger partial charge in [0.25, 0.3) is 0 Å². The fraction of sp³-hybridized carbons (Fsp3) is 0.556. The Bertz CT molecular complexity index is 623. The Morgan fingerprint density at radius 3 is 2.62 bits per heavy atom. The van der Waals surface area contributed by atoms with E-state index in [9.17, 15) is 9.18 Å². The van der Waals surface area contributed by atoms with Gasteiger partial charge in [-0.25, -0.2) is 4.39 Å². The number of guanidine groups is 1. The third-order valence-corrected chi connectivity index (χ3v) is 4.77. The number of aliphatic imine (C=N–C) groups is 1. The molecule has 5 nitrogen and oxygen atoms in total. The molecule has 0 atom stereocenters. The van der Waals surface area contributed by atoms with Gasteiger partial charge in [-0.15, -0.1) is 0 Å². The first-order valence-corrected chi connectivity index (χ1v) is 8.61. The number of nitrogens with one attached hydrogen (secondary N) is 3. The van der Waals surface area contributed by atoms with Crippen LogP contribution in [0.3, 0.4) is 0 Å². The summed E-state index contributed by atoms with van der Waals surface area (Å²) in [6, 6.07) is 6.85. The molecule has 0 heterocycles. The van der Waals surface area contributed by atoms with Crippen molar-refractivity contribution in [1.29, 1.82) is 0 Å². The lowest BCUT2D eigenvalue weighted by Gasteiger charge is -2.19. The number of benzene rings is 1. The van der Waals surface area contributed by atoms with Gasteiger partial charge in [-0.3, -0.25) is 9.79 Å². The molecule has 0 aromatic heterocycles. The summed E-state index contributed by atoms with van der Waals surface area (Å²) in [4.78, 5) is 15.8. The summed E-state index contributed by atoms with van der Waals surface area (Å²) in [6.45, 7) is 1.95. The van der Waals surface area contributed by atoms with Crippen molar-refractivity contribution in [2.75, 3.05) is 26.7 Å². The molecule has 1 aromatic rings. The lowest BCUT2D eigenvalue weighted by atomic mass is 9.96. The highest BCUT2D eigenvalue weighted by atomic mass is 19.1. The molecule has 6 heteroatoms. The second-order valence-electron chi connectivity index (χ2n) is 6.71. The highest BCUT2D eigenvalue weighted by Gasteiger charge is 2.44. The van der Waals surface area contributed by atoms with Crippen molar-refractivity contribution < 1.29 is 9.18 Å². The van der Waals surface area contributed by atoms with E-state index in [1.54, 1.807) is 19.2 Å². The van der Waals surface area contributed by atoms with E-state index in [1.807, 2.05) is 6.07 Å². The number of carbonyl (C=O) groups is 1. The van der Waals surface area contributed by atoms with E-state index in [1.165, 1.54) is 6.07 Å². The highest BCUT2D eigenvalue weighted by molar-refractivity contribution is 5.81. The molecule has 3 rings (SSSR count). The van der Waals surface area contributed by atoms with Gasteiger partial charge in [0.15, 0.2) is 5.96 Å². The second-order valence-corrected chi connectivity index (χ2v) is 6.71. The van der Waals surface area contributed by atoms with Gasteiger partial charge in [0.1, 0.15) is 5.82 Å². The first kappa shape index (κ1) is 16.7. The third kappa shape index (κ3) is 4.24. The van der Waals surface area contributed by atoms with Crippen LogP contribution >= 0.6 is 0 Å². The average molecular weight is 332 g/mol. The Hall–Kier alpha value is -2.11. The zero-order chi connectivity index (χ0) is 17.0. The van der Waals surface area contributed by atoms with Crippen molar-refractivity contribution in [3.05, 3.63) is 35.6 Å². The molecule has 1 amide bonds. The zero-order valence-corrected chi connectivity index (χ0v) is 14.1. The zero-order valence-electron chi connectivity index (χ0n) is 14.1. The standard InChI is InChI=1S/C18H25FN4O/c1-20-17(22-10-9-21-16(24)13-5-6-13)23-12-18(7-8-18)14-3-2-4-15(19)11-14/h2-4,11,13H,5-10,12H2,1H3,(H,21,24)(H2,20,22,23). The Morgan fingerprint density at radius 2 is 2.00 bits per heavy atom. The van der Waals surface area contributed by atoms with Crippen LogP contribution < -0.4 is 16.0 Å². The summed E-state index contributed by atoms with van der Waals surface area (Å²) in [6.07, 6.45) is 4.14. The summed E-state index contributed by atoms with van der Waals surface area (Å²) in [5.41, 5.74) is 1.06. The molecule has 130 valence electrons. The van der Waals surface area contributed by atoms with Gasteiger partial charge in [-0.2, -0.15) is 0 Å². The molecule has 2 fully saturated rings. The highest BCUT2D eigenvalue weighted by Crippen LogP contribution is 2.47. The largest absolute Gasteiger partial charge is 0.356 e. The average Bonchev–Trinajstić information content (AvgIpc) is 3.48. The number of carbonyl (C=O) groups excluding carboxylic acids is 1. The SMILES string of the molecule is CN=C(NCCNC(=O)C1CC1)NCC1(c2cccc(F)c2)CC1. The number of amides is 1. The topological polar surface area (TPSA) is 65.5 Å². The Morgan fingerprint density at radius 1 is 1.25 bits per heavy atom. The van der Waals surface area contributed by atoms with E-state index >= 15 is 0 Å². The van der Waals surface area contributed by atoms with Crippen LogP contribution in [-0.2, 0) is 10.2 Å².